The van der Waals surface area contributed by atoms with Crippen molar-refractivity contribution in [3.63, 3.8) is 0 Å². The largest absolute Gasteiger partial charge is 0.337 e. The fourth-order valence-electron chi connectivity index (χ4n) is 4.07. The minimum Gasteiger partial charge on any atom is -0.337 e. The summed E-state index contributed by atoms with van der Waals surface area (Å²) in [5.41, 5.74) is 7.48. The third-order valence-electron chi connectivity index (χ3n) is 5.97. The van der Waals surface area contributed by atoms with Gasteiger partial charge in [-0.1, -0.05) is 31.2 Å². The first-order valence-electron chi connectivity index (χ1n) is 10.2. The number of carbonyl (C=O) groups is 1. The van der Waals surface area contributed by atoms with Gasteiger partial charge in [0.1, 0.15) is 5.69 Å². The number of aromatic amines is 2. The van der Waals surface area contributed by atoms with E-state index in [0.717, 1.165) is 37.1 Å². The van der Waals surface area contributed by atoms with Crippen molar-refractivity contribution in [2.45, 2.75) is 44.9 Å². The molecule has 2 aromatic heterocycles. The number of nitrogens with one attached hydrogen (secondary N) is 2. The van der Waals surface area contributed by atoms with E-state index in [1.54, 1.807) is 0 Å². The van der Waals surface area contributed by atoms with E-state index < -0.39 is 0 Å². The van der Waals surface area contributed by atoms with Crippen LogP contribution in [0.25, 0.3) is 11.3 Å². The number of carbonyl (C=O) groups excluding carboxylic acids is 1. The highest BCUT2D eigenvalue weighted by atomic mass is 16.2. The average molecular weight is 375 g/mol. The Morgan fingerprint density at radius 2 is 1.89 bits per heavy atom. The first kappa shape index (κ1) is 17.2. The Balaban J connectivity index is 1.31. The molecule has 28 heavy (non-hydrogen) atoms. The zero-order valence-electron chi connectivity index (χ0n) is 16.2. The Kier molecular flexibility index (Phi) is 4.26. The second kappa shape index (κ2) is 6.93. The lowest BCUT2D eigenvalue weighted by Crippen LogP contribution is -2.33. The molecule has 6 nitrogen and oxygen atoms in total. The third kappa shape index (κ3) is 3.13. The summed E-state index contributed by atoms with van der Waals surface area (Å²) in [6.45, 7) is 3.57. The Morgan fingerprint density at radius 3 is 2.64 bits per heavy atom. The molecular formula is C22H25N5O. The van der Waals surface area contributed by atoms with Crippen LogP contribution in [-0.2, 0) is 19.3 Å². The average Bonchev–Trinajstić information content (AvgIpc) is 3.38. The van der Waals surface area contributed by atoms with E-state index >= 15 is 0 Å². The first-order valence-corrected chi connectivity index (χ1v) is 10.2. The number of rotatable bonds is 4. The molecule has 5 rings (SSSR count). The Labute approximate surface area is 164 Å². The highest BCUT2D eigenvalue weighted by molar-refractivity contribution is 5.93. The van der Waals surface area contributed by atoms with Crippen LogP contribution in [0.5, 0.6) is 0 Å². The van der Waals surface area contributed by atoms with Gasteiger partial charge in [-0.25, -0.2) is 0 Å². The number of hydrogen-bond acceptors (Lipinski definition) is 3. The SMILES string of the molecule is CCc1ccc(-c2cc(C(=O)N3CCc4[nH]nc(C5CC5)c4CC3)[nH]n2)cc1. The van der Waals surface area contributed by atoms with Crippen molar-refractivity contribution in [1.82, 2.24) is 25.3 Å². The number of aromatic nitrogens is 4. The maximum atomic E-state index is 13.0. The Morgan fingerprint density at radius 1 is 1.11 bits per heavy atom. The van der Waals surface area contributed by atoms with Crippen LogP contribution < -0.4 is 0 Å². The van der Waals surface area contributed by atoms with Gasteiger partial charge < -0.3 is 4.90 Å². The summed E-state index contributed by atoms with van der Waals surface area (Å²) >= 11 is 0. The van der Waals surface area contributed by atoms with Gasteiger partial charge in [-0.2, -0.15) is 10.2 Å². The fourth-order valence-corrected chi connectivity index (χ4v) is 4.07. The number of aryl methyl sites for hydroxylation is 1. The molecule has 1 fully saturated rings. The number of nitrogens with zero attached hydrogens (tertiary/aromatic N) is 3. The first-order chi connectivity index (χ1) is 13.7. The lowest BCUT2D eigenvalue weighted by atomic mass is 10.1. The molecule has 144 valence electrons. The van der Waals surface area contributed by atoms with E-state index in [4.69, 9.17) is 0 Å². The summed E-state index contributed by atoms with van der Waals surface area (Å²) in [5.74, 6) is 0.659. The fraction of sp³-hybridized carbons (Fsp3) is 0.409. The minimum atomic E-state index is 0.0232. The predicted octanol–water partition coefficient (Wildman–Crippen LogP) is 3.48. The number of H-pyrrole nitrogens is 2. The summed E-state index contributed by atoms with van der Waals surface area (Å²) in [7, 11) is 0. The van der Waals surface area contributed by atoms with Gasteiger partial charge in [-0.3, -0.25) is 15.0 Å². The van der Waals surface area contributed by atoms with E-state index in [1.807, 2.05) is 11.0 Å². The lowest BCUT2D eigenvalue weighted by Gasteiger charge is -2.19. The number of hydrogen-bond donors (Lipinski definition) is 2. The molecule has 0 saturated heterocycles. The molecule has 2 aliphatic rings. The van der Waals surface area contributed by atoms with Crippen LogP contribution in [0.15, 0.2) is 30.3 Å². The monoisotopic (exact) mass is 375 g/mol. The number of amides is 1. The topological polar surface area (TPSA) is 77.7 Å². The summed E-state index contributed by atoms with van der Waals surface area (Å²) in [4.78, 5) is 15.0. The third-order valence-corrected chi connectivity index (χ3v) is 5.97. The van der Waals surface area contributed by atoms with Crippen LogP contribution in [0.2, 0.25) is 0 Å². The second-order valence-corrected chi connectivity index (χ2v) is 7.85. The molecule has 0 radical (unpaired) electrons. The van der Waals surface area contributed by atoms with Gasteiger partial charge in [0.05, 0.1) is 11.4 Å². The zero-order valence-corrected chi connectivity index (χ0v) is 16.2. The standard InChI is InChI=1S/C22H25N5O/c1-2-14-3-5-15(6-4-14)19-13-20(25-24-19)22(28)27-11-9-17-18(10-12-27)23-26-21(17)16-7-8-16/h3-6,13,16H,2,7-12H2,1H3,(H,23,26)(H,24,25). The van der Waals surface area contributed by atoms with Gasteiger partial charge in [0.15, 0.2) is 0 Å². The highest BCUT2D eigenvalue weighted by Crippen LogP contribution is 2.41. The summed E-state index contributed by atoms with van der Waals surface area (Å²) in [5, 5.41) is 15.1. The predicted molar refractivity (Wildman–Crippen MR) is 107 cm³/mol. The van der Waals surface area contributed by atoms with Gasteiger partial charge in [0, 0.05) is 36.7 Å². The molecular weight excluding hydrogens is 350 g/mol. The molecule has 1 saturated carbocycles. The van der Waals surface area contributed by atoms with Crippen LogP contribution >= 0.6 is 0 Å². The van der Waals surface area contributed by atoms with Gasteiger partial charge in [-0.05, 0) is 42.9 Å². The molecule has 6 heteroatoms. The van der Waals surface area contributed by atoms with Crippen molar-refractivity contribution in [2.75, 3.05) is 13.1 Å². The maximum absolute atomic E-state index is 13.0. The molecule has 3 heterocycles. The molecule has 1 aliphatic heterocycles. The van der Waals surface area contributed by atoms with E-state index in [-0.39, 0.29) is 5.91 Å². The Bertz CT molecular complexity index is 996. The summed E-state index contributed by atoms with van der Waals surface area (Å²) < 4.78 is 0. The molecule has 0 spiro atoms. The molecule has 2 N–H and O–H groups in total. The van der Waals surface area contributed by atoms with E-state index in [2.05, 4.69) is 51.6 Å². The molecule has 3 aromatic rings. The molecule has 1 aromatic carbocycles. The van der Waals surface area contributed by atoms with Gasteiger partial charge in [0.2, 0.25) is 0 Å². The molecule has 0 atom stereocenters. The smallest absolute Gasteiger partial charge is 0.271 e. The van der Waals surface area contributed by atoms with Crippen molar-refractivity contribution in [1.29, 1.82) is 0 Å². The van der Waals surface area contributed by atoms with Gasteiger partial charge in [-0.15, -0.1) is 0 Å². The summed E-state index contributed by atoms with van der Waals surface area (Å²) in [6.07, 6.45) is 5.22. The molecule has 0 unspecified atom stereocenters. The normalized spacial score (nSPS) is 16.7. The van der Waals surface area contributed by atoms with Crippen LogP contribution in [0.1, 0.15) is 58.7 Å². The van der Waals surface area contributed by atoms with Crippen LogP contribution in [0, 0.1) is 0 Å². The second-order valence-electron chi connectivity index (χ2n) is 7.85. The van der Waals surface area contributed by atoms with Crippen LogP contribution in [0.4, 0.5) is 0 Å². The number of fused-ring (bicyclic) bond motifs is 1. The highest BCUT2D eigenvalue weighted by Gasteiger charge is 2.32. The van der Waals surface area contributed by atoms with E-state index in [1.165, 1.54) is 35.4 Å². The summed E-state index contributed by atoms with van der Waals surface area (Å²) in [6, 6.07) is 10.2. The van der Waals surface area contributed by atoms with Crippen LogP contribution in [-0.4, -0.2) is 44.3 Å². The van der Waals surface area contributed by atoms with Crippen molar-refractivity contribution in [3.8, 4) is 11.3 Å². The van der Waals surface area contributed by atoms with E-state index in [0.29, 0.717) is 18.2 Å². The van der Waals surface area contributed by atoms with Crippen molar-refractivity contribution in [3.05, 3.63) is 58.5 Å². The zero-order chi connectivity index (χ0) is 19.1. The molecule has 0 bridgehead atoms. The quantitative estimate of drug-likeness (QED) is 0.733. The van der Waals surface area contributed by atoms with Crippen LogP contribution in [0.3, 0.4) is 0 Å². The van der Waals surface area contributed by atoms with E-state index in [9.17, 15) is 4.79 Å². The minimum absolute atomic E-state index is 0.0232. The molecule has 1 amide bonds. The van der Waals surface area contributed by atoms with Crippen molar-refractivity contribution in [2.24, 2.45) is 0 Å². The lowest BCUT2D eigenvalue weighted by molar-refractivity contribution is 0.0756. The maximum Gasteiger partial charge on any atom is 0.271 e. The van der Waals surface area contributed by atoms with Gasteiger partial charge >= 0.3 is 0 Å². The van der Waals surface area contributed by atoms with Gasteiger partial charge in [0.25, 0.3) is 5.91 Å². The number of benzene rings is 1. The Hall–Kier alpha value is -2.89. The van der Waals surface area contributed by atoms with Crippen molar-refractivity contribution >= 4 is 5.91 Å². The molecule has 1 aliphatic carbocycles. The van der Waals surface area contributed by atoms with Crippen molar-refractivity contribution < 1.29 is 4.79 Å².